The lowest BCUT2D eigenvalue weighted by molar-refractivity contribution is -0.275. The van der Waals surface area contributed by atoms with E-state index in [9.17, 15) is 26.0 Å². The van der Waals surface area contributed by atoms with Gasteiger partial charge in [0, 0.05) is 30.1 Å². The van der Waals surface area contributed by atoms with Crippen LogP contribution in [0.3, 0.4) is 0 Å². The first-order valence-corrected chi connectivity index (χ1v) is 11.2. The molecule has 0 radical (unpaired) electrons. The lowest BCUT2D eigenvalue weighted by atomic mass is 9.89. The number of benzene rings is 1. The third-order valence-electron chi connectivity index (χ3n) is 4.95. The van der Waals surface area contributed by atoms with Gasteiger partial charge in [-0.3, -0.25) is 0 Å². The molecule has 3 heterocycles. The number of sulfone groups is 1. The highest BCUT2D eigenvalue weighted by Crippen LogP contribution is 2.50. The minimum absolute atomic E-state index is 0.0153. The molecule has 2 aromatic rings. The molecular weight excluding hydrogens is 487 g/mol. The number of halogens is 6. The van der Waals surface area contributed by atoms with Crippen molar-refractivity contribution in [2.45, 2.75) is 36.4 Å². The smallest absolute Gasteiger partial charge is 0.372 e. The summed E-state index contributed by atoms with van der Waals surface area (Å²) in [5.41, 5.74) is -2.50. The van der Waals surface area contributed by atoms with Crippen LogP contribution in [-0.2, 0) is 33.4 Å². The molecule has 0 saturated heterocycles. The molecule has 14 heteroatoms. The van der Waals surface area contributed by atoms with Crippen LogP contribution < -0.4 is 0 Å². The average molecular weight is 499 g/mol. The molecular formula is C17H12Cl2F4N4O3S. The second kappa shape index (κ2) is 7.17. The SMILES string of the molecule is CS(=O)(=O)c1ncc2c(n1)CN(C1=NOC(c3cc(Cl)c(F)c(Cl)c3)(C(F)(F)F)C1)C2. The predicted octanol–water partition coefficient (Wildman–Crippen LogP) is 3.83. The summed E-state index contributed by atoms with van der Waals surface area (Å²) in [4.78, 5) is 14.1. The first-order chi connectivity index (χ1) is 14.3. The van der Waals surface area contributed by atoms with Gasteiger partial charge in [-0.15, -0.1) is 0 Å². The highest BCUT2D eigenvalue weighted by molar-refractivity contribution is 7.90. The van der Waals surface area contributed by atoms with Crippen LogP contribution in [0, 0.1) is 5.82 Å². The Morgan fingerprint density at radius 3 is 2.42 bits per heavy atom. The zero-order chi connectivity index (χ0) is 22.8. The molecule has 2 aliphatic rings. The quantitative estimate of drug-likeness (QED) is 0.355. The van der Waals surface area contributed by atoms with Crippen molar-refractivity contribution in [2.75, 3.05) is 6.26 Å². The van der Waals surface area contributed by atoms with Gasteiger partial charge in [0.15, 0.2) is 5.82 Å². The van der Waals surface area contributed by atoms with E-state index in [-0.39, 0.29) is 24.1 Å². The minimum atomic E-state index is -4.93. The predicted molar refractivity (Wildman–Crippen MR) is 102 cm³/mol. The lowest BCUT2D eigenvalue weighted by Gasteiger charge is -2.30. The molecule has 0 bridgehead atoms. The van der Waals surface area contributed by atoms with Crippen molar-refractivity contribution in [3.05, 3.63) is 51.0 Å². The van der Waals surface area contributed by atoms with Crippen LogP contribution >= 0.6 is 23.2 Å². The zero-order valence-corrected chi connectivity index (χ0v) is 17.9. The number of nitrogens with zero attached hydrogens (tertiary/aromatic N) is 4. The van der Waals surface area contributed by atoms with Gasteiger partial charge in [-0.25, -0.2) is 22.8 Å². The first-order valence-electron chi connectivity index (χ1n) is 8.58. The van der Waals surface area contributed by atoms with E-state index in [0.29, 0.717) is 11.3 Å². The monoisotopic (exact) mass is 498 g/mol. The summed E-state index contributed by atoms with van der Waals surface area (Å²) < 4.78 is 79.3. The first kappa shape index (κ1) is 22.0. The Balaban J connectivity index is 1.65. The Bertz CT molecular complexity index is 1200. The molecule has 1 atom stereocenters. The summed E-state index contributed by atoms with van der Waals surface area (Å²) in [6.07, 6.45) is -3.40. The number of hydrogen-bond acceptors (Lipinski definition) is 7. The molecule has 0 spiro atoms. The maximum absolute atomic E-state index is 14.1. The topological polar surface area (TPSA) is 84.8 Å². The summed E-state index contributed by atoms with van der Waals surface area (Å²) in [5, 5.41) is 2.08. The average Bonchev–Trinajstić information content (AvgIpc) is 3.28. The van der Waals surface area contributed by atoms with Gasteiger partial charge in [-0.2, -0.15) is 13.2 Å². The molecule has 166 valence electrons. The van der Waals surface area contributed by atoms with Crippen LogP contribution in [-0.4, -0.2) is 41.6 Å². The molecule has 1 aromatic carbocycles. The molecule has 31 heavy (non-hydrogen) atoms. The van der Waals surface area contributed by atoms with Crippen molar-refractivity contribution >= 4 is 38.9 Å². The maximum Gasteiger partial charge on any atom is 0.435 e. The van der Waals surface area contributed by atoms with Crippen LogP contribution in [0.15, 0.2) is 28.6 Å². The fraction of sp³-hybridized carbons (Fsp3) is 0.353. The fourth-order valence-corrected chi connectivity index (χ4v) is 4.35. The number of oxime groups is 1. The number of alkyl halides is 3. The summed E-state index contributed by atoms with van der Waals surface area (Å²) >= 11 is 11.4. The van der Waals surface area contributed by atoms with E-state index in [2.05, 4.69) is 15.1 Å². The van der Waals surface area contributed by atoms with Gasteiger partial charge >= 0.3 is 6.18 Å². The van der Waals surface area contributed by atoms with Gasteiger partial charge in [-0.05, 0) is 12.1 Å². The molecule has 0 aliphatic carbocycles. The fourth-order valence-electron chi connectivity index (χ4n) is 3.34. The molecule has 7 nitrogen and oxygen atoms in total. The second-order valence-corrected chi connectivity index (χ2v) is 9.83. The minimum Gasteiger partial charge on any atom is -0.372 e. The Morgan fingerprint density at radius 2 is 1.84 bits per heavy atom. The molecule has 1 unspecified atom stereocenters. The van der Waals surface area contributed by atoms with E-state index in [1.807, 2.05) is 0 Å². The van der Waals surface area contributed by atoms with E-state index in [0.717, 1.165) is 18.4 Å². The van der Waals surface area contributed by atoms with Crippen LogP contribution in [0.4, 0.5) is 17.6 Å². The van der Waals surface area contributed by atoms with Crippen molar-refractivity contribution in [1.29, 1.82) is 0 Å². The van der Waals surface area contributed by atoms with Gasteiger partial charge in [0.05, 0.1) is 28.7 Å². The zero-order valence-electron chi connectivity index (χ0n) is 15.5. The largest absolute Gasteiger partial charge is 0.435 e. The van der Waals surface area contributed by atoms with Crippen molar-refractivity contribution < 1.29 is 30.8 Å². The molecule has 1 aromatic heterocycles. The molecule has 0 fully saturated rings. The van der Waals surface area contributed by atoms with Gasteiger partial charge in [0.25, 0.3) is 5.60 Å². The van der Waals surface area contributed by atoms with E-state index in [1.54, 1.807) is 0 Å². The van der Waals surface area contributed by atoms with Crippen LogP contribution in [0.2, 0.25) is 10.0 Å². The van der Waals surface area contributed by atoms with E-state index < -0.39 is 49.5 Å². The Kier molecular flexibility index (Phi) is 5.10. The molecule has 4 rings (SSSR count). The number of hydrogen-bond donors (Lipinski definition) is 0. The van der Waals surface area contributed by atoms with E-state index >= 15 is 0 Å². The third kappa shape index (κ3) is 3.70. The Morgan fingerprint density at radius 1 is 1.19 bits per heavy atom. The van der Waals surface area contributed by atoms with Gasteiger partial charge in [0.2, 0.25) is 15.0 Å². The highest BCUT2D eigenvalue weighted by atomic mass is 35.5. The van der Waals surface area contributed by atoms with Crippen molar-refractivity contribution in [3.8, 4) is 0 Å². The lowest BCUT2D eigenvalue weighted by Crippen LogP contribution is -2.44. The molecule has 2 aliphatic heterocycles. The van der Waals surface area contributed by atoms with Crippen molar-refractivity contribution in [2.24, 2.45) is 5.16 Å². The van der Waals surface area contributed by atoms with E-state index in [1.165, 1.54) is 11.1 Å². The molecule has 0 N–H and O–H groups in total. The van der Waals surface area contributed by atoms with Gasteiger partial charge in [0.1, 0.15) is 5.84 Å². The summed E-state index contributed by atoms with van der Waals surface area (Å²) in [6.45, 7) is 0.127. The van der Waals surface area contributed by atoms with Crippen LogP contribution in [0.5, 0.6) is 0 Å². The molecule has 0 amide bonds. The maximum atomic E-state index is 14.1. The van der Waals surface area contributed by atoms with Gasteiger partial charge in [-0.1, -0.05) is 28.4 Å². The summed E-state index contributed by atoms with van der Waals surface area (Å²) in [7, 11) is -3.65. The Hall–Kier alpha value is -2.18. The third-order valence-corrected chi connectivity index (χ3v) is 6.36. The van der Waals surface area contributed by atoms with Crippen LogP contribution in [0.1, 0.15) is 23.2 Å². The Labute approximate surface area is 183 Å². The number of amidine groups is 1. The summed E-state index contributed by atoms with van der Waals surface area (Å²) in [6, 6.07) is 1.61. The second-order valence-electron chi connectivity index (χ2n) is 7.11. The van der Waals surface area contributed by atoms with Gasteiger partial charge < -0.3 is 9.74 Å². The van der Waals surface area contributed by atoms with E-state index in [4.69, 9.17) is 28.0 Å². The number of aromatic nitrogens is 2. The normalized spacial score (nSPS) is 21.1. The molecule has 0 saturated carbocycles. The van der Waals surface area contributed by atoms with Crippen molar-refractivity contribution in [3.63, 3.8) is 0 Å². The summed E-state index contributed by atoms with van der Waals surface area (Å²) in [5.74, 6) is -1.09. The van der Waals surface area contributed by atoms with Crippen LogP contribution in [0.25, 0.3) is 0 Å². The number of rotatable bonds is 2. The number of fused-ring (bicyclic) bond motifs is 1. The highest BCUT2D eigenvalue weighted by Gasteiger charge is 2.63. The standard InChI is InChI=1S/C17H12Cl2F4N4O3S/c1-31(28,29)15-24-5-8-6-27(7-12(8)25-15)13-4-16(30-26-13,17(21,22)23)9-2-10(18)14(20)11(19)3-9/h2-3,5H,4,6-7H2,1H3. The van der Waals surface area contributed by atoms with Crippen molar-refractivity contribution in [1.82, 2.24) is 14.9 Å².